The van der Waals surface area contributed by atoms with Crippen LogP contribution < -0.4 is 11.1 Å². The summed E-state index contributed by atoms with van der Waals surface area (Å²) >= 11 is 1.83. The predicted octanol–water partition coefficient (Wildman–Crippen LogP) is 1.98. The molecule has 1 fully saturated rings. The number of carbonyl (C=O) groups excluding carboxylic acids is 1. The molecule has 114 valence electrons. The van der Waals surface area contributed by atoms with E-state index in [1.807, 2.05) is 11.8 Å². The molecular weight excluding hydrogens is 292 g/mol. The van der Waals surface area contributed by atoms with Crippen molar-refractivity contribution < 1.29 is 9.72 Å². The molecule has 21 heavy (non-hydrogen) atoms. The van der Waals surface area contributed by atoms with Gasteiger partial charge in [0, 0.05) is 17.4 Å². The smallest absolute Gasteiger partial charge is 0.288 e. The molecule has 1 aromatic heterocycles. The number of hydrogen-bond acceptors (Lipinski definition) is 6. The number of hydrogen-bond donors (Lipinski definition) is 2. The molecule has 0 bridgehead atoms. The van der Waals surface area contributed by atoms with Crippen molar-refractivity contribution in [3.05, 3.63) is 27.9 Å². The molecule has 1 aromatic rings. The summed E-state index contributed by atoms with van der Waals surface area (Å²) in [4.78, 5) is 26.2. The Labute approximate surface area is 126 Å². The highest BCUT2D eigenvalue weighted by molar-refractivity contribution is 7.99. The van der Waals surface area contributed by atoms with Crippen molar-refractivity contribution in [3.63, 3.8) is 0 Å². The number of pyridine rings is 1. The number of anilines is 1. The van der Waals surface area contributed by atoms with Crippen molar-refractivity contribution in [1.29, 1.82) is 0 Å². The van der Waals surface area contributed by atoms with Gasteiger partial charge in [0.05, 0.1) is 10.5 Å². The summed E-state index contributed by atoms with van der Waals surface area (Å²) in [5, 5.41) is 14.1. The zero-order chi connectivity index (χ0) is 15.4. The maximum Gasteiger partial charge on any atom is 0.288 e. The monoisotopic (exact) mass is 310 g/mol. The lowest BCUT2D eigenvalue weighted by molar-refractivity contribution is -0.385. The first-order valence-corrected chi connectivity index (χ1v) is 7.90. The van der Waals surface area contributed by atoms with E-state index in [1.54, 1.807) is 0 Å². The van der Waals surface area contributed by atoms with Crippen LogP contribution in [0.15, 0.2) is 12.3 Å². The van der Waals surface area contributed by atoms with Gasteiger partial charge in [0.15, 0.2) is 0 Å². The highest BCUT2D eigenvalue weighted by Gasteiger charge is 2.29. The van der Waals surface area contributed by atoms with Gasteiger partial charge in [-0.2, -0.15) is 11.8 Å². The van der Waals surface area contributed by atoms with E-state index in [4.69, 9.17) is 5.73 Å². The van der Waals surface area contributed by atoms with Crippen LogP contribution in [0.4, 0.5) is 11.5 Å². The zero-order valence-corrected chi connectivity index (χ0v) is 12.6. The molecule has 2 unspecified atom stereocenters. The SMILES string of the molecule is CCSC1CCCC1NC(=O)c1cc([N+](=O)[O-])cnc1N. The van der Waals surface area contributed by atoms with E-state index in [0.29, 0.717) is 5.25 Å². The second-order valence-corrected chi connectivity index (χ2v) is 6.40. The van der Waals surface area contributed by atoms with Gasteiger partial charge in [-0.1, -0.05) is 13.3 Å². The van der Waals surface area contributed by atoms with Crippen LogP contribution >= 0.6 is 11.8 Å². The molecule has 7 nitrogen and oxygen atoms in total. The largest absolute Gasteiger partial charge is 0.383 e. The first-order valence-electron chi connectivity index (χ1n) is 6.85. The Bertz CT molecular complexity index is 552. The van der Waals surface area contributed by atoms with Gasteiger partial charge in [-0.25, -0.2) is 4.98 Å². The van der Waals surface area contributed by atoms with E-state index in [-0.39, 0.29) is 23.1 Å². The molecule has 2 rings (SSSR count). The molecule has 8 heteroatoms. The first-order chi connectivity index (χ1) is 10.0. The van der Waals surface area contributed by atoms with Gasteiger partial charge in [-0.15, -0.1) is 0 Å². The Balaban J connectivity index is 2.13. The maximum atomic E-state index is 12.3. The fourth-order valence-electron chi connectivity index (χ4n) is 2.50. The minimum Gasteiger partial charge on any atom is -0.383 e. The quantitative estimate of drug-likeness (QED) is 0.635. The van der Waals surface area contributed by atoms with Crippen molar-refractivity contribution in [2.75, 3.05) is 11.5 Å². The Kier molecular flexibility index (Phi) is 5.00. The van der Waals surface area contributed by atoms with Gasteiger partial charge < -0.3 is 11.1 Å². The third-order valence-electron chi connectivity index (χ3n) is 3.51. The van der Waals surface area contributed by atoms with Crippen molar-refractivity contribution in [3.8, 4) is 0 Å². The van der Waals surface area contributed by atoms with Crippen LogP contribution in [0.5, 0.6) is 0 Å². The lowest BCUT2D eigenvalue weighted by Crippen LogP contribution is -2.39. The van der Waals surface area contributed by atoms with E-state index < -0.39 is 10.8 Å². The number of nitrogens with two attached hydrogens (primary N) is 1. The Morgan fingerprint density at radius 2 is 2.38 bits per heavy atom. The molecule has 1 aliphatic rings. The molecular formula is C13H18N4O3S. The molecule has 1 heterocycles. The standard InChI is InChI=1S/C13H18N4O3S/c1-2-21-11-5-3-4-10(11)16-13(18)9-6-8(17(19)20)7-15-12(9)14/h6-7,10-11H,2-5H2,1H3,(H2,14,15)(H,16,18). The zero-order valence-electron chi connectivity index (χ0n) is 11.7. The molecule has 0 aliphatic heterocycles. The topological polar surface area (TPSA) is 111 Å². The molecule has 0 radical (unpaired) electrons. The summed E-state index contributed by atoms with van der Waals surface area (Å²) in [5.41, 5.74) is 5.49. The Morgan fingerprint density at radius 1 is 1.62 bits per heavy atom. The minimum absolute atomic E-state index is 0.00999. The lowest BCUT2D eigenvalue weighted by atomic mass is 10.2. The van der Waals surface area contributed by atoms with E-state index in [1.165, 1.54) is 6.07 Å². The Morgan fingerprint density at radius 3 is 3.05 bits per heavy atom. The summed E-state index contributed by atoms with van der Waals surface area (Å²) in [6, 6.07) is 1.26. The number of thioether (sulfide) groups is 1. The third-order valence-corrected chi connectivity index (χ3v) is 4.84. The molecule has 0 spiro atoms. The first kappa shape index (κ1) is 15.6. The van der Waals surface area contributed by atoms with E-state index in [2.05, 4.69) is 17.2 Å². The van der Waals surface area contributed by atoms with Crippen LogP contribution in [0.3, 0.4) is 0 Å². The maximum absolute atomic E-state index is 12.3. The highest BCUT2D eigenvalue weighted by atomic mass is 32.2. The van der Waals surface area contributed by atoms with E-state index in [0.717, 1.165) is 31.2 Å². The molecule has 0 aromatic carbocycles. The second kappa shape index (κ2) is 6.75. The summed E-state index contributed by atoms with van der Waals surface area (Å²) < 4.78 is 0. The van der Waals surface area contributed by atoms with Crippen LogP contribution in [-0.2, 0) is 0 Å². The molecule has 1 saturated carbocycles. The highest BCUT2D eigenvalue weighted by Crippen LogP contribution is 2.30. The summed E-state index contributed by atoms with van der Waals surface area (Å²) in [6.07, 6.45) is 4.13. The van der Waals surface area contributed by atoms with Crippen molar-refractivity contribution in [2.45, 2.75) is 37.5 Å². The molecule has 1 aliphatic carbocycles. The van der Waals surface area contributed by atoms with Crippen LogP contribution in [0.25, 0.3) is 0 Å². The van der Waals surface area contributed by atoms with Crippen molar-refractivity contribution >= 4 is 29.2 Å². The van der Waals surface area contributed by atoms with E-state index in [9.17, 15) is 14.9 Å². The van der Waals surface area contributed by atoms with Gasteiger partial charge in [-0.05, 0) is 18.6 Å². The van der Waals surface area contributed by atoms with Crippen molar-refractivity contribution in [2.24, 2.45) is 0 Å². The third kappa shape index (κ3) is 3.63. The van der Waals surface area contributed by atoms with Gasteiger partial charge >= 0.3 is 0 Å². The Hall–Kier alpha value is -1.83. The molecule has 2 atom stereocenters. The van der Waals surface area contributed by atoms with Gasteiger partial charge in [0.25, 0.3) is 11.6 Å². The number of aromatic nitrogens is 1. The van der Waals surface area contributed by atoms with Crippen LogP contribution in [0.2, 0.25) is 0 Å². The number of amides is 1. The number of nitrogens with zero attached hydrogens (tertiary/aromatic N) is 2. The fourth-order valence-corrected chi connectivity index (χ4v) is 3.69. The van der Waals surface area contributed by atoms with E-state index >= 15 is 0 Å². The number of carbonyl (C=O) groups is 1. The minimum atomic E-state index is -0.589. The molecule has 0 saturated heterocycles. The van der Waals surface area contributed by atoms with Gasteiger partial charge in [-0.3, -0.25) is 14.9 Å². The average Bonchev–Trinajstić information content (AvgIpc) is 2.86. The summed E-state index contributed by atoms with van der Waals surface area (Å²) in [5.74, 6) is 0.616. The molecule has 1 amide bonds. The summed E-state index contributed by atoms with van der Waals surface area (Å²) in [6.45, 7) is 2.09. The van der Waals surface area contributed by atoms with Crippen molar-refractivity contribution in [1.82, 2.24) is 10.3 Å². The average molecular weight is 310 g/mol. The second-order valence-electron chi connectivity index (χ2n) is 4.89. The van der Waals surface area contributed by atoms with Crippen LogP contribution in [0, 0.1) is 10.1 Å². The number of nitrogens with one attached hydrogen (secondary N) is 1. The number of nitro groups is 1. The molecule has 3 N–H and O–H groups in total. The predicted molar refractivity (Wildman–Crippen MR) is 82.3 cm³/mol. The van der Waals surface area contributed by atoms with Crippen LogP contribution in [-0.4, -0.2) is 32.9 Å². The summed E-state index contributed by atoms with van der Waals surface area (Å²) in [7, 11) is 0. The number of rotatable bonds is 5. The normalized spacial score (nSPS) is 21.2. The lowest BCUT2D eigenvalue weighted by Gasteiger charge is -2.20. The fraction of sp³-hybridized carbons (Fsp3) is 0.538. The van der Waals surface area contributed by atoms with Gasteiger partial charge in [0.1, 0.15) is 12.0 Å². The van der Waals surface area contributed by atoms with Crippen LogP contribution in [0.1, 0.15) is 36.5 Å². The number of nitrogen functional groups attached to an aromatic ring is 1. The van der Waals surface area contributed by atoms with Gasteiger partial charge in [0.2, 0.25) is 0 Å².